The van der Waals surface area contributed by atoms with Crippen LogP contribution >= 0.6 is 11.3 Å². The van der Waals surface area contributed by atoms with Crippen molar-refractivity contribution in [1.29, 1.82) is 0 Å². The third kappa shape index (κ3) is 2.48. The van der Waals surface area contributed by atoms with Crippen LogP contribution in [0.2, 0.25) is 0 Å². The maximum atomic E-state index is 11.4. The predicted molar refractivity (Wildman–Crippen MR) is 79.3 cm³/mol. The molecule has 5 heteroatoms. The number of nitrogens with zero attached hydrogens (tertiary/aromatic N) is 2. The molecule has 0 fully saturated rings. The second-order valence-electron chi connectivity index (χ2n) is 4.27. The molecule has 0 N–H and O–H groups in total. The van der Waals surface area contributed by atoms with Gasteiger partial charge in [-0.25, -0.2) is 4.98 Å². The van der Waals surface area contributed by atoms with Crippen LogP contribution in [0.3, 0.4) is 0 Å². The van der Waals surface area contributed by atoms with E-state index in [-0.39, 0.29) is 5.56 Å². The highest BCUT2D eigenvalue weighted by Gasteiger charge is 2.11. The second kappa shape index (κ2) is 5.30. The standard InChI is InChI=1S/C15H12N2O2S/c1-17-9-11(7-8-13(17)18)14-15(16-10-20-14)19-12-5-3-2-4-6-12/h2-10H,1H3. The first kappa shape index (κ1) is 12.6. The Bertz CT molecular complexity index is 778. The summed E-state index contributed by atoms with van der Waals surface area (Å²) in [5.41, 5.74) is 2.61. The van der Waals surface area contributed by atoms with Crippen LogP contribution in [0, 0.1) is 0 Å². The number of thiazole rings is 1. The summed E-state index contributed by atoms with van der Waals surface area (Å²) in [6, 6.07) is 12.8. The summed E-state index contributed by atoms with van der Waals surface area (Å²) in [6.45, 7) is 0. The number of aryl methyl sites for hydroxylation is 1. The Labute approximate surface area is 119 Å². The Kier molecular flexibility index (Phi) is 3.35. The average Bonchev–Trinajstić information content (AvgIpc) is 2.91. The number of benzene rings is 1. The smallest absolute Gasteiger partial charge is 0.250 e. The number of rotatable bonds is 3. The third-order valence-corrected chi connectivity index (χ3v) is 3.70. The van der Waals surface area contributed by atoms with Crippen LogP contribution in [0.4, 0.5) is 0 Å². The monoisotopic (exact) mass is 284 g/mol. The molecule has 4 nitrogen and oxygen atoms in total. The lowest BCUT2D eigenvalue weighted by Crippen LogP contribution is -2.13. The summed E-state index contributed by atoms with van der Waals surface area (Å²) in [6.07, 6.45) is 1.79. The maximum Gasteiger partial charge on any atom is 0.250 e. The molecular weight excluding hydrogens is 272 g/mol. The first-order chi connectivity index (χ1) is 9.74. The van der Waals surface area contributed by atoms with Crippen LogP contribution in [0.1, 0.15) is 0 Å². The Morgan fingerprint density at radius 3 is 2.70 bits per heavy atom. The molecule has 0 atom stereocenters. The quantitative estimate of drug-likeness (QED) is 0.741. The molecule has 0 saturated heterocycles. The normalized spacial score (nSPS) is 10.4. The molecule has 0 aliphatic rings. The summed E-state index contributed by atoms with van der Waals surface area (Å²) in [5, 5.41) is 0. The van der Waals surface area contributed by atoms with Crippen LogP contribution in [-0.2, 0) is 7.05 Å². The number of pyridine rings is 1. The third-order valence-electron chi connectivity index (χ3n) is 2.84. The highest BCUT2D eigenvalue weighted by atomic mass is 32.1. The van der Waals surface area contributed by atoms with Gasteiger partial charge in [-0.2, -0.15) is 0 Å². The van der Waals surface area contributed by atoms with Crippen LogP contribution in [0.15, 0.2) is 59.0 Å². The van der Waals surface area contributed by atoms with Gasteiger partial charge in [0.1, 0.15) is 5.75 Å². The average molecular weight is 284 g/mol. The molecule has 0 bridgehead atoms. The molecule has 0 radical (unpaired) electrons. The summed E-state index contributed by atoms with van der Waals surface area (Å²) in [7, 11) is 1.73. The van der Waals surface area contributed by atoms with Crippen molar-refractivity contribution >= 4 is 11.3 Å². The van der Waals surface area contributed by atoms with Gasteiger partial charge in [0.25, 0.3) is 0 Å². The zero-order chi connectivity index (χ0) is 13.9. The molecule has 0 unspecified atom stereocenters. The van der Waals surface area contributed by atoms with Crippen molar-refractivity contribution in [3.63, 3.8) is 0 Å². The highest BCUT2D eigenvalue weighted by molar-refractivity contribution is 7.13. The van der Waals surface area contributed by atoms with E-state index >= 15 is 0 Å². The van der Waals surface area contributed by atoms with Gasteiger partial charge in [0, 0.05) is 24.9 Å². The van der Waals surface area contributed by atoms with E-state index < -0.39 is 0 Å². The molecule has 2 aromatic heterocycles. The number of ether oxygens (including phenoxy) is 1. The molecule has 0 amide bonds. The van der Waals surface area contributed by atoms with Crippen molar-refractivity contribution in [2.45, 2.75) is 0 Å². The van der Waals surface area contributed by atoms with E-state index in [1.165, 1.54) is 11.3 Å². The van der Waals surface area contributed by atoms with Gasteiger partial charge in [-0.05, 0) is 18.2 Å². The van der Waals surface area contributed by atoms with Crippen molar-refractivity contribution < 1.29 is 4.74 Å². The topological polar surface area (TPSA) is 44.1 Å². The number of aromatic nitrogens is 2. The van der Waals surface area contributed by atoms with Gasteiger partial charge in [-0.3, -0.25) is 4.79 Å². The van der Waals surface area contributed by atoms with E-state index in [1.54, 1.807) is 35.5 Å². The molecule has 2 heterocycles. The predicted octanol–water partition coefficient (Wildman–Crippen LogP) is 3.30. The number of hydrogen-bond acceptors (Lipinski definition) is 4. The highest BCUT2D eigenvalue weighted by Crippen LogP contribution is 2.35. The van der Waals surface area contributed by atoms with Gasteiger partial charge in [-0.15, -0.1) is 11.3 Å². The Balaban J connectivity index is 1.97. The fraction of sp³-hybridized carbons (Fsp3) is 0.0667. The zero-order valence-corrected chi connectivity index (χ0v) is 11.6. The van der Waals surface area contributed by atoms with Crippen LogP contribution in [-0.4, -0.2) is 9.55 Å². The zero-order valence-electron chi connectivity index (χ0n) is 10.8. The molecule has 0 saturated carbocycles. The van der Waals surface area contributed by atoms with E-state index in [0.717, 1.165) is 16.2 Å². The van der Waals surface area contributed by atoms with Crippen LogP contribution in [0.5, 0.6) is 11.6 Å². The van der Waals surface area contributed by atoms with Gasteiger partial charge in [0.15, 0.2) is 0 Å². The first-order valence-electron chi connectivity index (χ1n) is 6.07. The van der Waals surface area contributed by atoms with E-state index in [2.05, 4.69) is 4.98 Å². The lowest BCUT2D eigenvalue weighted by Gasteiger charge is -2.06. The second-order valence-corrected chi connectivity index (χ2v) is 5.12. The van der Waals surface area contributed by atoms with Crippen LogP contribution in [0.25, 0.3) is 10.4 Å². The SMILES string of the molecule is Cn1cc(-c2scnc2Oc2ccccc2)ccc1=O. The van der Waals surface area contributed by atoms with Gasteiger partial charge < -0.3 is 9.30 Å². The lowest BCUT2D eigenvalue weighted by molar-refractivity contribution is 0.468. The largest absolute Gasteiger partial charge is 0.438 e. The fourth-order valence-corrected chi connectivity index (χ4v) is 2.53. The van der Waals surface area contributed by atoms with Crippen molar-refractivity contribution in [2.24, 2.45) is 7.05 Å². The number of para-hydroxylation sites is 1. The van der Waals surface area contributed by atoms with E-state index in [1.807, 2.05) is 30.3 Å². The number of hydrogen-bond donors (Lipinski definition) is 0. The summed E-state index contributed by atoms with van der Waals surface area (Å²) in [5.74, 6) is 1.30. The maximum absolute atomic E-state index is 11.4. The molecule has 0 aliphatic carbocycles. The van der Waals surface area contributed by atoms with Crippen molar-refractivity contribution in [3.8, 4) is 22.1 Å². The van der Waals surface area contributed by atoms with Crippen molar-refractivity contribution in [3.05, 3.63) is 64.5 Å². The van der Waals surface area contributed by atoms with E-state index in [0.29, 0.717) is 5.88 Å². The van der Waals surface area contributed by atoms with E-state index in [9.17, 15) is 4.79 Å². The molecule has 3 aromatic rings. The Morgan fingerprint density at radius 2 is 1.95 bits per heavy atom. The Hall–Kier alpha value is -2.40. The molecular formula is C15H12N2O2S. The summed E-state index contributed by atoms with van der Waals surface area (Å²) in [4.78, 5) is 16.6. The van der Waals surface area contributed by atoms with Gasteiger partial charge in [-0.1, -0.05) is 18.2 Å². The lowest BCUT2D eigenvalue weighted by atomic mass is 10.2. The van der Waals surface area contributed by atoms with E-state index in [4.69, 9.17) is 4.74 Å². The van der Waals surface area contributed by atoms with Gasteiger partial charge >= 0.3 is 0 Å². The minimum Gasteiger partial charge on any atom is -0.438 e. The molecule has 0 aliphatic heterocycles. The first-order valence-corrected chi connectivity index (χ1v) is 6.95. The van der Waals surface area contributed by atoms with Crippen molar-refractivity contribution in [1.82, 2.24) is 9.55 Å². The molecule has 3 rings (SSSR count). The van der Waals surface area contributed by atoms with Gasteiger partial charge in [0.05, 0.1) is 10.4 Å². The molecule has 20 heavy (non-hydrogen) atoms. The minimum absolute atomic E-state index is 0.0382. The Morgan fingerprint density at radius 1 is 1.15 bits per heavy atom. The van der Waals surface area contributed by atoms with Crippen LogP contribution < -0.4 is 10.3 Å². The molecule has 1 aromatic carbocycles. The van der Waals surface area contributed by atoms with Gasteiger partial charge in [0.2, 0.25) is 11.4 Å². The van der Waals surface area contributed by atoms with Crippen molar-refractivity contribution in [2.75, 3.05) is 0 Å². The minimum atomic E-state index is -0.0382. The summed E-state index contributed by atoms with van der Waals surface area (Å²) >= 11 is 1.48. The molecule has 100 valence electrons. The fourth-order valence-electron chi connectivity index (χ4n) is 1.83. The molecule has 0 spiro atoms. The summed E-state index contributed by atoms with van der Waals surface area (Å²) < 4.78 is 7.33.